The lowest BCUT2D eigenvalue weighted by molar-refractivity contribution is 0.549. The molecule has 0 radical (unpaired) electrons. The number of sulfonamides is 1. The molecule has 0 amide bonds. The average Bonchev–Trinajstić information content (AvgIpc) is 3.27. The van der Waals surface area contributed by atoms with Crippen LogP contribution in [-0.4, -0.2) is 32.6 Å². The SMILES string of the molecule is Cc1cc2nc(C[C@H](NS(=O)(=O)c3cn(C)cn3)c3ccc(F)cc3)cc(=O)n2[nH]1. The minimum absolute atomic E-state index is 0.0909. The fraction of sp³-hybridized carbons (Fsp3) is 0.211. The second-order valence-corrected chi connectivity index (χ2v) is 8.69. The molecule has 156 valence electrons. The Balaban J connectivity index is 1.72. The van der Waals surface area contributed by atoms with E-state index in [1.807, 2.05) is 0 Å². The number of hydrogen-bond acceptors (Lipinski definition) is 5. The van der Waals surface area contributed by atoms with E-state index in [2.05, 4.69) is 19.8 Å². The van der Waals surface area contributed by atoms with Crippen LogP contribution in [0, 0.1) is 12.7 Å². The fourth-order valence-electron chi connectivity index (χ4n) is 3.17. The van der Waals surface area contributed by atoms with E-state index < -0.39 is 21.9 Å². The number of hydrogen-bond donors (Lipinski definition) is 2. The molecule has 0 saturated heterocycles. The summed E-state index contributed by atoms with van der Waals surface area (Å²) in [6.07, 6.45) is 2.85. The van der Waals surface area contributed by atoms with Crippen LogP contribution in [0.5, 0.6) is 0 Å². The molecule has 1 atom stereocenters. The third-order valence-electron chi connectivity index (χ3n) is 4.57. The normalized spacial score (nSPS) is 13.0. The Bertz CT molecular complexity index is 1370. The number of halogens is 1. The summed E-state index contributed by atoms with van der Waals surface area (Å²) < 4.78 is 44.5. The van der Waals surface area contributed by atoms with Crippen LogP contribution in [0.2, 0.25) is 0 Å². The van der Waals surface area contributed by atoms with Gasteiger partial charge in [0.05, 0.1) is 18.1 Å². The third kappa shape index (κ3) is 4.02. The van der Waals surface area contributed by atoms with Crippen molar-refractivity contribution < 1.29 is 12.8 Å². The minimum Gasteiger partial charge on any atom is -0.339 e. The van der Waals surface area contributed by atoms with E-state index in [-0.39, 0.29) is 17.0 Å². The summed E-state index contributed by atoms with van der Waals surface area (Å²) in [4.78, 5) is 20.7. The van der Waals surface area contributed by atoms with Gasteiger partial charge in [0.2, 0.25) is 0 Å². The van der Waals surface area contributed by atoms with Gasteiger partial charge in [-0.1, -0.05) is 12.1 Å². The third-order valence-corrected chi connectivity index (χ3v) is 5.93. The van der Waals surface area contributed by atoms with Crippen molar-refractivity contribution in [3.63, 3.8) is 0 Å². The predicted octanol–water partition coefficient (Wildman–Crippen LogP) is 1.47. The van der Waals surface area contributed by atoms with Gasteiger partial charge in [0.25, 0.3) is 15.6 Å². The van der Waals surface area contributed by atoms with Crippen molar-refractivity contribution in [2.75, 3.05) is 0 Å². The second kappa shape index (κ2) is 7.50. The molecule has 4 rings (SSSR count). The van der Waals surface area contributed by atoms with Gasteiger partial charge in [-0.15, -0.1) is 0 Å². The first-order valence-corrected chi connectivity index (χ1v) is 10.5. The van der Waals surface area contributed by atoms with E-state index in [9.17, 15) is 17.6 Å². The van der Waals surface area contributed by atoms with E-state index >= 15 is 0 Å². The Morgan fingerprint density at radius 1 is 1.23 bits per heavy atom. The zero-order valence-electron chi connectivity index (χ0n) is 16.2. The van der Waals surface area contributed by atoms with Gasteiger partial charge < -0.3 is 4.57 Å². The summed E-state index contributed by atoms with van der Waals surface area (Å²) in [5.41, 5.74) is 1.82. The van der Waals surface area contributed by atoms with Crippen molar-refractivity contribution in [1.82, 2.24) is 28.9 Å². The molecule has 0 aliphatic carbocycles. The highest BCUT2D eigenvalue weighted by Crippen LogP contribution is 2.21. The highest BCUT2D eigenvalue weighted by atomic mass is 32.2. The Hall–Kier alpha value is -3.31. The quantitative estimate of drug-likeness (QED) is 0.481. The largest absolute Gasteiger partial charge is 0.339 e. The maximum Gasteiger partial charge on any atom is 0.272 e. The Labute approximate surface area is 171 Å². The minimum atomic E-state index is -3.96. The summed E-state index contributed by atoms with van der Waals surface area (Å²) in [5, 5.41) is 2.75. The Kier molecular flexibility index (Phi) is 5.00. The molecule has 4 aromatic rings. The van der Waals surface area contributed by atoms with Gasteiger partial charge in [-0.25, -0.2) is 32.0 Å². The molecule has 0 aliphatic heterocycles. The summed E-state index contributed by atoms with van der Waals surface area (Å²) in [6, 6.07) is 7.76. The number of aromatic nitrogens is 5. The molecule has 0 bridgehead atoms. The molecule has 3 heterocycles. The summed E-state index contributed by atoms with van der Waals surface area (Å²) in [6.45, 7) is 1.80. The van der Waals surface area contributed by atoms with Crippen molar-refractivity contribution >= 4 is 15.7 Å². The van der Waals surface area contributed by atoms with E-state index in [1.54, 1.807) is 20.0 Å². The average molecular weight is 430 g/mol. The van der Waals surface area contributed by atoms with Gasteiger partial charge in [-0.3, -0.25) is 9.89 Å². The molecular weight excluding hydrogens is 411 g/mol. The van der Waals surface area contributed by atoms with Crippen molar-refractivity contribution in [2.24, 2.45) is 7.05 Å². The number of benzene rings is 1. The van der Waals surface area contributed by atoms with E-state index in [4.69, 9.17) is 0 Å². The molecule has 0 aliphatic rings. The van der Waals surface area contributed by atoms with Crippen LogP contribution in [0.4, 0.5) is 4.39 Å². The summed E-state index contributed by atoms with van der Waals surface area (Å²) >= 11 is 0. The Morgan fingerprint density at radius 3 is 2.63 bits per heavy atom. The molecule has 11 heteroatoms. The second-order valence-electron chi connectivity index (χ2n) is 7.03. The molecule has 3 aromatic heterocycles. The molecule has 0 fully saturated rings. The van der Waals surface area contributed by atoms with Crippen LogP contribution >= 0.6 is 0 Å². The van der Waals surface area contributed by atoms with E-state index in [1.165, 1.54) is 51.9 Å². The number of aromatic amines is 1. The first-order valence-electron chi connectivity index (χ1n) is 9.05. The van der Waals surface area contributed by atoms with Crippen LogP contribution < -0.4 is 10.3 Å². The first kappa shape index (κ1) is 20.0. The van der Waals surface area contributed by atoms with Gasteiger partial charge in [-0.2, -0.15) is 0 Å². The number of imidazole rings is 1. The molecule has 0 saturated carbocycles. The maximum absolute atomic E-state index is 13.4. The number of nitrogens with one attached hydrogen (secondary N) is 2. The van der Waals surface area contributed by atoms with Crippen LogP contribution in [0.15, 0.2) is 58.7 Å². The van der Waals surface area contributed by atoms with Gasteiger partial charge in [0.15, 0.2) is 10.7 Å². The highest BCUT2D eigenvalue weighted by molar-refractivity contribution is 7.89. The molecule has 9 nitrogen and oxygen atoms in total. The first-order chi connectivity index (χ1) is 14.2. The monoisotopic (exact) mass is 430 g/mol. The molecule has 0 spiro atoms. The van der Waals surface area contributed by atoms with Gasteiger partial charge in [0.1, 0.15) is 5.82 Å². The van der Waals surface area contributed by atoms with Crippen molar-refractivity contribution in [1.29, 1.82) is 0 Å². The number of aryl methyl sites for hydroxylation is 2. The lowest BCUT2D eigenvalue weighted by atomic mass is 10.0. The number of nitrogens with zero attached hydrogens (tertiary/aromatic N) is 4. The zero-order valence-corrected chi connectivity index (χ0v) is 17.0. The predicted molar refractivity (Wildman–Crippen MR) is 107 cm³/mol. The molecule has 1 aromatic carbocycles. The van der Waals surface area contributed by atoms with E-state index in [0.717, 1.165) is 5.69 Å². The highest BCUT2D eigenvalue weighted by Gasteiger charge is 2.24. The fourth-order valence-corrected chi connectivity index (χ4v) is 4.38. The number of rotatable bonds is 6. The van der Waals surface area contributed by atoms with E-state index in [0.29, 0.717) is 16.9 Å². The smallest absolute Gasteiger partial charge is 0.272 e. The van der Waals surface area contributed by atoms with Crippen molar-refractivity contribution in [3.05, 3.63) is 82.0 Å². The number of fused-ring (bicyclic) bond motifs is 1. The van der Waals surface area contributed by atoms with Crippen LogP contribution in [0.25, 0.3) is 5.65 Å². The number of H-pyrrole nitrogens is 1. The van der Waals surface area contributed by atoms with Crippen LogP contribution in [0.3, 0.4) is 0 Å². The summed E-state index contributed by atoms with van der Waals surface area (Å²) in [7, 11) is -2.30. The van der Waals surface area contributed by atoms with Gasteiger partial charge in [-0.05, 0) is 24.6 Å². The lowest BCUT2D eigenvalue weighted by Crippen LogP contribution is -2.31. The van der Waals surface area contributed by atoms with Crippen LogP contribution in [0.1, 0.15) is 23.0 Å². The Morgan fingerprint density at radius 2 is 1.97 bits per heavy atom. The lowest BCUT2D eigenvalue weighted by Gasteiger charge is -2.18. The maximum atomic E-state index is 13.4. The van der Waals surface area contributed by atoms with Crippen molar-refractivity contribution in [2.45, 2.75) is 24.4 Å². The van der Waals surface area contributed by atoms with Gasteiger partial charge >= 0.3 is 0 Å². The zero-order chi connectivity index (χ0) is 21.5. The van der Waals surface area contributed by atoms with Crippen molar-refractivity contribution in [3.8, 4) is 0 Å². The van der Waals surface area contributed by atoms with Crippen LogP contribution in [-0.2, 0) is 23.5 Å². The summed E-state index contributed by atoms with van der Waals surface area (Å²) in [5.74, 6) is -0.439. The topological polar surface area (TPSA) is 114 Å². The molecule has 2 N–H and O–H groups in total. The van der Waals surface area contributed by atoms with Gasteiger partial charge in [0, 0.05) is 37.5 Å². The molecular formula is C19H19FN6O3S. The molecule has 30 heavy (non-hydrogen) atoms. The molecule has 0 unspecified atom stereocenters. The standard InChI is InChI=1S/C19H19FN6O3S/c1-12-7-17-22-15(9-19(27)26(17)23-12)8-16(13-3-5-14(20)6-4-13)24-30(28,29)18-10-25(2)11-21-18/h3-7,9-11,16,23-24H,8H2,1-2H3/t16-/m0/s1.